The Labute approximate surface area is 108 Å². The molecule has 18 heavy (non-hydrogen) atoms. The fourth-order valence-corrected chi connectivity index (χ4v) is 2.74. The van der Waals surface area contributed by atoms with Crippen molar-refractivity contribution in [3.05, 3.63) is 48.2 Å². The van der Waals surface area contributed by atoms with Gasteiger partial charge in [-0.3, -0.25) is 0 Å². The van der Waals surface area contributed by atoms with Gasteiger partial charge in [-0.2, -0.15) is 0 Å². The Morgan fingerprint density at radius 3 is 2.78 bits per heavy atom. The van der Waals surface area contributed by atoms with E-state index in [2.05, 4.69) is 66.3 Å². The molecular weight excluding hydrogens is 220 g/mol. The van der Waals surface area contributed by atoms with Gasteiger partial charge >= 0.3 is 0 Å². The molecule has 1 aromatic heterocycles. The Bertz CT molecular complexity index is 627. The average molecular weight is 239 g/mol. The number of hydrogen-bond acceptors (Lipinski definition) is 0. The van der Waals surface area contributed by atoms with Crippen LogP contribution in [-0.2, 0) is 0 Å². The molecule has 1 aliphatic rings. The van der Waals surface area contributed by atoms with Crippen LogP contribution in [0.3, 0.4) is 0 Å². The van der Waals surface area contributed by atoms with Crippen LogP contribution >= 0.6 is 0 Å². The first-order valence-corrected chi connectivity index (χ1v) is 6.53. The lowest BCUT2D eigenvalue weighted by atomic mass is 9.88. The molecule has 0 radical (unpaired) electrons. The number of allylic oxidation sites excluding steroid dienone is 2. The van der Waals surface area contributed by atoms with E-state index in [4.69, 9.17) is 0 Å². The molecule has 1 atom stereocenters. The SMILES string of the molecule is C[N+](C)=C1C=C[C@@H](c2c[nH]c3ccccc23)CC1. The predicted molar refractivity (Wildman–Crippen MR) is 76.5 cm³/mol. The van der Waals surface area contributed by atoms with Crippen LogP contribution in [0.2, 0.25) is 0 Å². The number of fused-ring (bicyclic) bond motifs is 1. The average Bonchev–Trinajstić information content (AvgIpc) is 2.82. The lowest BCUT2D eigenvalue weighted by molar-refractivity contribution is -0.465. The highest BCUT2D eigenvalue weighted by molar-refractivity contribution is 5.92. The molecule has 1 aromatic carbocycles. The van der Waals surface area contributed by atoms with Gasteiger partial charge < -0.3 is 4.98 Å². The van der Waals surface area contributed by atoms with Crippen LogP contribution in [0.1, 0.15) is 24.3 Å². The third-order valence-electron chi connectivity index (χ3n) is 3.83. The topological polar surface area (TPSA) is 18.8 Å². The summed E-state index contributed by atoms with van der Waals surface area (Å²) in [6.07, 6.45) is 9.14. The monoisotopic (exact) mass is 239 g/mol. The fourth-order valence-electron chi connectivity index (χ4n) is 2.74. The molecule has 0 saturated heterocycles. The maximum Gasteiger partial charge on any atom is 0.175 e. The molecular formula is C16H19N2+. The molecule has 0 spiro atoms. The van der Waals surface area contributed by atoms with Gasteiger partial charge in [-0.05, 0) is 18.1 Å². The smallest absolute Gasteiger partial charge is 0.175 e. The Morgan fingerprint density at radius 2 is 2.06 bits per heavy atom. The number of para-hydroxylation sites is 1. The largest absolute Gasteiger partial charge is 0.361 e. The van der Waals surface area contributed by atoms with Gasteiger partial charge in [0, 0.05) is 35.5 Å². The van der Waals surface area contributed by atoms with E-state index < -0.39 is 0 Å². The van der Waals surface area contributed by atoms with E-state index in [1.165, 1.54) is 28.6 Å². The third kappa shape index (κ3) is 1.88. The van der Waals surface area contributed by atoms with Gasteiger partial charge in [0.2, 0.25) is 0 Å². The zero-order chi connectivity index (χ0) is 12.5. The zero-order valence-electron chi connectivity index (χ0n) is 11.0. The highest BCUT2D eigenvalue weighted by Gasteiger charge is 2.19. The molecule has 3 rings (SSSR count). The van der Waals surface area contributed by atoms with Crippen LogP contribution in [0.25, 0.3) is 10.9 Å². The Balaban J connectivity index is 1.98. The summed E-state index contributed by atoms with van der Waals surface area (Å²) in [6, 6.07) is 8.55. The number of H-pyrrole nitrogens is 1. The van der Waals surface area contributed by atoms with Crippen molar-refractivity contribution in [2.45, 2.75) is 18.8 Å². The first kappa shape index (κ1) is 11.3. The first-order chi connectivity index (χ1) is 8.75. The van der Waals surface area contributed by atoms with E-state index in [1.54, 1.807) is 0 Å². The molecule has 2 aromatic rings. The molecule has 0 saturated carbocycles. The number of benzene rings is 1. The fraction of sp³-hybridized carbons (Fsp3) is 0.312. The molecule has 1 aliphatic carbocycles. The molecule has 2 heteroatoms. The Hall–Kier alpha value is -1.83. The molecule has 0 amide bonds. The number of nitrogens with zero attached hydrogens (tertiary/aromatic N) is 1. The van der Waals surface area contributed by atoms with Crippen LogP contribution in [0.5, 0.6) is 0 Å². The van der Waals surface area contributed by atoms with Crippen molar-refractivity contribution < 1.29 is 4.58 Å². The molecule has 0 aliphatic heterocycles. The number of aromatic amines is 1. The molecule has 1 N–H and O–H groups in total. The van der Waals surface area contributed by atoms with Gasteiger partial charge in [0.05, 0.1) is 0 Å². The molecule has 2 nitrogen and oxygen atoms in total. The lowest BCUT2D eigenvalue weighted by Gasteiger charge is -2.15. The quantitative estimate of drug-likeness (QED) is 0.736. The second kappa shape index (κ2) is 4.45. The second-order valence-corrected chi connectivity index (χ2v) is 5.18. The number of rotatable bonds is 1. The van der Waals surface area contributed by atoms with Gasteiger partial charge in [0.1, 0.15) is 14.1 Å². The van der Waals surface area contributed by atoms with Gasteiger partial charge in [0.15, 0.2) is 5.71 Å². The molecule has 0 bridgehead atoms. The number of aromatic nitrogens is 1. The molecule has 92 valence electrons. The van der Waals surface area contributed by atoms with Crippen LogP contribution in [0, 0.1) is 0 Å². The minimum absolute atomic E-state index is 0.546. The summed E-state index contributed by atoms with van der Waals surface area (Å²) in [5.41, 5.74) is 4.09. The Kier molecular flexibility index (Phi) is 2.78. The maximum atomic E-state index is 3.37. The van der Waals surface area contributed by atoms with Crippen molar-refractivity contribution in [2.75, 3.05) is 14.1 Å². The number of hydrogen-bond donors (Lipinski definition) is 1. The summed E-state index contributed by atoms with van der Waals surface area (Å²) in [4.78, 5) is 3.37. The third-order valence-corrected chi connectivity index (χ3v) is 3.83. The minimum Gasteiger partial charge on any atom is -0.361 e. The maximum absolute atomic E-state index is 3.37. The van der Waals surface area contributed by atoms with E-state index in [-0.39, 0.29) is 0 Å². The summed E-state index contributed by atoms with van der Waals surface area (Å²) in [5, 5.41) is 1.36. The molecule has 1 heterocycles. The van der Waals surface area contributed by atoms with E-state index in [1.807, 2.05) is 0 Å². The second-order valence-electron chi connectivity index (χ2n) is 5.18. The summed E-state index contributed by atoms with van der Waals surface area (Å²) in [7, 11) is 4.23. The van der Waals surface area contributed by atoms with E-state index in [0.29, 0.717) is 5.92 Å². The van der Waals surface area contributed by atoms with Crippen molar-refractivity contribution in [3.63, 3.8) is 0 Å². The van der Waals surface area contributed by atoms with Crippen LogP contribution in [0.15, 0.2) is 42.6 Å². The summed E-state index contributed by atoms with van der Waals surface area (Å²) in [6.45, 7) is 0. The molecule has 0 fully saturated rings. The lowest BCUT2D eigenvalue weighted by Crippen LogP contribution is -2.15. The summed E-state index contributed by atoms with van der Waals surface area (Å²) >= 11 is 0. The minimum atomic E-state index is 0.546. The van der Waals surface area contributed by atoms with Crippen molar-refractivity contribution in [1.29, 1.82) is 0 Å². The zero-order valence-corrected chi connectivity index (χ0v) is 11.0. The van der Waals surface area contributed by atoms with Crippen LogP contribution in [0.4, 0.5) is 0 Å². The normalized spacial score (nSPS) is 19.4. The highest BCUT2D eigenvalue weighted by atomic mass is 14.9. The van der Waals surface area contributed by atoms with Gasteiger partial charge in [-0.25, -0.2) is 4.58 Å². The summed E-state index contributed by atoms with van der Waals surface area (Å²) < 4.78 is 2.21. The van der Waals surface area contributed by atoms with Crippen molar-refractivity contribution in [2.24, 2.45) is 0 Å². The van der Waals surface area contributed by atoms with Crippen molar-refractivity contribution in [1.82, 2.24) is 4.98 Å². The van der Waals surface area contributed by atoms with Crippen LogP contribution in [-0.4, -0.2) is 29.4 Å². The van der Waals surface area contributed by atoms with Crippen molar-refractivity contribution in [3.8, 4) is 0 Å². The standard InChI is InChI=1S/C16H19N2/c1-18(2)13-9-7-12(8-10-13)15-11-17-16-6-4-3-5-14(15)16/h3-7,9,11-12,17H,8,10H2,1-2H3/q+1/t12-/m1/s1. The van der Waals surface area contributed by atoms with E-state index in [9.17, 15) is 0 Å². The van der Waals surface area contributed by atoms with Gasteiger partial charge in [-0.1, -0.05) is 24.3 Å². The Morgan fingerprint density at radius 1 is 1.22 bits per heavy atom. The van der Waals surface area contributed by atoms with E-state index >= 15 is 0 Å². The first-order valence-electron chi connectivity index (χ1n) is 6.53. The van der Waals surface area contributed by atoms with Crippen LogP contribution < -0.4 is 0 Å². The van der Waals surface area contributed by atoms with Gasteiger partial charge in [0.25, 0.3) is 0 Å². The predicted octanol–water partition coefficient (Wildman–Crippen LogP) is 3.31. The molecule has 0 unspecified atom stereocenters. The van der Waals surface area contributed by atoms with E-state index in [0.717, 1.165) is 6.42 Å². The number of nitrogens with one attached hydrogen (secondary N) is 1. The summed E-state index contributed by atoms with van der Waals surface area (Å²) in [5.74, 6) is 0.546. The highest BCUT2D eigenvalue weighted by Crippen LogP contribution is 2.31. The van der Waals surface area contributed by atoms with Crippen molar-refractivity contribution >= 4 is 16.6 Å². The van der Waals surface area contributed by atoms with Gasteiger partial charge in [-0.15, -0.1) is 0 Å².